The second-order valence-electron chi connectivity index (χ2n) is 3.80. The van der Waals surface area contributed by atoms with Gasteiger partial charge in [-0.15, -0.1) is 0 Å². The minimum absolute atomic E-state index is 0.0318. The first kappa shape index (κ1) is 10.9. The van der Waals surface area contributed by atoms with E-state index in [1.807, 2.05) is 0 Å². The van der Waals surface area contributed by atoms with Crippen molar-refractivity contribution in [3.8, 4) is 0 Å². The Morgan fingerprint density at radius 2 is 2.07 bits per heavy atom. The smallest absolute Gasteiger partial charge is 0.180 e. The Labute approximate surface area is 93.0 Å². The number of hydrogen-bond acceptors (Lipinski definition) is 2. The molecular weight excluding hydrogens is 239 g/mol. The molecule has 0 radical (unpaired) electrons. The van der Waals surface area contributed by atoms with Crippen LogP contribution in [0.5, 0.6) is 0 Å². The van der Waals surface area contributed by atoms with Gasteiger partial charge >= 0.3 is 0 Å². The molecule has 2 nitrogen and oxygen atoms in total. The molecule has 0 spiro atoms. The van der Waals surface area contributed by atoms with Crippen LogP contribution in [0.2, 0.25) is 5.02 Å². The van der Waals surface area contributed by atoms with Crippen molar-refractivity contribution in [2.75, 3.05) is 5.75 Å². The van der Waals surface area contributed by atoms with Crippen LogP contribution in [0.15, 0.2) is 23.1 Å². The van der Waals surface area contributed by atoms with E-state index in [2.05, 4.69) is 0 Å². The van der Waals surface area contributed by atoms with Crippen LogP contribution in [-0.4, -0.2) is 14.2 Å². The van der Waals surface area contributed by atoms with Gasteiger partial charge in [0.2, 0.25) is 0 Å². The fraction of sp³-hybridized carbons (Fsp3) is 0.400. The van der Waals surface area contributed by atoms with Crippen molar-refractivity contribution >= 4 is 21.4 Å². The summed E-state index contributed by atoms with van der Waals surface area (Å²) in [6.45, 7) is 0. The molecule has 0 atom stereocenters. The fourth-order valence-corrected chi connectivity index (χ4v) is 3.70. The SMILES string of the molecule is O=S(=O)(CC1CC1)c1ccc(F)cc1Cl. The van der Waals surface area contributed by atoms with Gasteiger partial charge in [-0.2, -0.15) is 0 Å². The summed E-state index contributed by atoms with van der Waals surface area (Å²) < 4.78 is 36.3. The molecule has 0 heterocycles. The molecular formula is C10H10ClFO2S. The Hall–Kier alpha value is -0.610. The summed E-state index contributed by atoms with van der Waals surface area (Å²) in [4.78, 5) is 0.0393. The molecule has 1 aromatic carbocycles. The van der Waals surface area contributed by atoms with Crippen LogP contribution in [0.3, 0.4) is 0 Å². The Balaban J connectivity index is 2.34. The molecule has 0 amide bonds. The zero-order valence-corrected chi connectivity index (χ0v) is 9.48. The lowest BCUT2D eigenvalue weighted by Gasteiger charge is -2.05. The lowest BCUT2D eigenvalue weighted by molar-refractivity contribution is 0.591. The van der Waals surface area contributed by atoms with E-state index in [0.717, 1.165) is 25.0 Å². The molecule has 1 fully saturated rings. The summed E-state index contributed by atoms with van der Waals surface area (Å²) in [6.07, 6.45) is 1.91. The molecule has 0 unspecified atom stereocenters. The normalized spacial score (nSPS) is 16.7. The van der Waals surface area contributed by atoms with Gasteiger partial charge in [0.1, 0.15) is 5.82 Å². The summed E-state index contributed by atoms with van der Waals surface area (Å²) >= 11 is 5.70. The van der Waals surface area contributed by atoms with Gasteiger partial charge in [-0.1, -0.05) is 11.6 Å². The van der Waals surface area contributed by atoms with Crippen LogP contribution >= 0.6 is 11.6 Å². The van der Waals surface area contributed by atoms with E-state index >= 15 is 0 Å². The Kier molecular flexibility index (Phi) is 2.73. The largest absolute Gasteiger partial charge is 0.224 e. The quantitative estimate of drug-likeness (QED) is 0.771. The van der Waals surface area contributed by atoms with Crippen molar-refractivity contribution in [1.29, 1.82) is 0 Å². The molecule has 0 N–H and O–H groups in total. The van der Waals surface area contributed by atoms with Crippen molar-refractivity contribution < 1.29 is 12.8 Å². The highest BCUT2D eigenvalue weighted by Crippen LogP contribution is 2.33. The predicted octanol–water partition coefficient (Wildman–Crippen LogP) is 2.66. The molecule has 82 valence electrons. The highest BCUT2D eigenvalue weighted by Gasteiger charge is 2.30. The first-order valence-corrected chi connectivity index (χ1v) is 6.70. The molecule has 5 heteroatoms. The number of hydrogen-bond donors (Lipinski definition) is 0. The molecule has 0 aliphatic heterocycles. The standard InChI is InChI=1S/C10H10ClFO2S/c11-9-5-8(12)3-4-10(9)15(13,14)6-7-1-2-7/h3-5,7H,1-2,6H2. The minimum Gasteiger partial charge on any atom is -0.224 e. The van der Waals surface area contributed by atoms with Crippen LogP contribution in [0.4, 0.5) is 4.39 Å². The first-order valence-electron chi connectivity index (χ1n) is 4.67. The van der Waals surface area contributed by atoms with E-state index < -0.39 is 15.7 Å². The maximum Gasteiger partial charge on any atom is 0.180 e. The van der Waals surface area contributed by atoms with Gasteiger partial charge < -0.3 is 0 Å². The van der Waals surface area contributed by atoms with Crippen molar-refractivity contribution in [2.24, 2.45) is 5.92 Å². The van der Waals surface area contributed by atoms with Gasteiger partial charge in [0.05, 0.1) is 15.7 Å². The maximum atomic E-state index is 12.7. The van der Waals surface area contributed by atoms with Crippen LogP contribution in [0, 0.1) is 11.7 Å². The monoisotopic (exact) mass is 248 g/mol. The number of rotatable bonds is 3. The molecule has 1 aromatic rings. The first-order chi connectivity index (χ1) is 6.99. The van der Waals surface area contributed by atoms with Crippen LogP contribution in [-0.2, 0) is 9.84 Å². The zero-order valence-electron chi connectivity index (χ0n) is 7.91. The minimum atomic E-state index is -3.34. The Morgan fingerprint density at radius 1 is 1.40 bits per heavy atom. The van der Waals surface area contributed by atoms with Crippen molar-refractivity contribution in [3.05, 3.63) is 29.0 Å². The highest BCUT2D eigenvalue weighted by molar-refractivity contribution is 7.91. The van der Waals surface area contributed by atoms with Crippen molar-refractivity contribution in [2.45, 2.75) is 17.7 Å². The Bertz CT molecular complexity index is 480. The summed E-state index contributed by atoms with van der Waals surface area (Å²) in [5.74, 6) is -0.139. The topological polar surface area (TPSA) is 34.1 Å². The van der Waals surface area contributed by atoms with Gasteiger partial charge in [-0.3, -0.25) is 0 Å². The van der Waals surface area contributed by atoms with E-state index in [1.54, 1.807) is 0 Å². The molecule has 2 rings (SSSR count). The highest BCUT2D eigenvalue weighted by atomic mass is 35.5. The third kappa shape index (κ3) is 2.49. The summed E-state index contributed by atoms with van der Waals surface area (Å²) in [5.41, 5.74) is 0. The average molecular weight is 249 g/mol. The summed E-state index contributed by atoms with van der Waals surface area (Å²) in [5, 5.41) is -0.0318. The molecule has 0 saturated heterocycles. The van der Waals surface area contributed by atoms with E-state index in [4.69, 9.17) is 11.6 Å². The molecule has 1 aliphatic rings. The van der Waals surface area contributed by atoms with Gasteiger partial charge in [-0.05, 0) is 37.0 Å². The van der Waals surface area contributed by atoms with Crippen LogP contribution in [0.1, 0.15) is 12.8 Å². The van der Waals surface area contributed by atoms with Gasteiger partial charge in [0.25, 0.3) is 0 Å². The summed E-state index contributed by atoms with van der Waals surface area (Å²) in [6, 6.07) is 3.38. The van der Waals surface area contributed by atoms with E-state index in [-0.39, 0.29) is 21.6 Å². The van der Waals surface area contributed by atoms with Crippen LogP contribution in [0.25, 0.3) is 0 Å². The van der Waals surface area contributed by atoms with Crippen molar-refractivity contribution in [3.63, 3.8) is 0 Å². The van der Waals surface area contributed by atoms with Crippen molar-refractivity contribution in [1.82, 2.24) is 0 Å². The van der Waals surface area contributed by atoms with Gasteiger partial charge in [0.15, 0.2) is 9.84 Å². The van der Waals surface area contributed by atoms with Gasteiger partial charge in [-0.25, -0.2) is 12.8 Å². The molecule has 15 heavy (non-hydrogen) atoms. The van der Waals surface area contributed by atoms with E-state index in [9.17, 15) is 12.8 Å². The second-order valence-corrected chi connectivity index (χ2v) is 6.21. The Morgan fingerprint density at radius 3 is 2.60 bits per heavy atom. The fourth-order valence-electron chi connectivity index (χ4n) is 1.41. The summed E-state index contributed by atoms with van der Waals surface area (Å²) in [7, 11) is -3.34. The van der Waals surface area contributed by atoms with E-state index in [0.29, 0.717) is 0 Å². The average Bonchev–Trinajstić information content (AvgIpc) is 2.86. The predicted molar refractivity (Wildman–Crippen MR) is 56.2 cm³/mol. The number of halogens is 2. The second kappa shape index (κ2) is 3.76. The number of sulfone groups is 1. The third-order valence-corrected chi connectivity index (χ3v) is 4.74. The zero-order chi connectivity index (χ0) is 11.1. The molecule has 1 aliphatic carbocycles. The molecule has 1 saturated carbocycles. The van der Waals surface area contributed by atoms with E-state index in [1.165, 1.54) is 6.07 Å². The number of benzene rings is 1. The lowest BCUT2D eigenvalue weighted by atomic mass is 10.3. The third-order valence-electron chi connectivity index (χ3n) is 2.38. The van der Waals surface area contributed by atoms with Gasteiger partial charge in [0, 0.05) is 0 Å². The van der Waals surface area contributed by atoms with Crippen LogP contribution < -0.4 is 0 Å². The maximum absolute atomic E-state index is 12.7. The molecule has 0 bridgehead atoms. The lowest BCUT2D eigenvalue weighted by Crippen LogP contribution is -2.09. The molecule has 0 aromatic heterocycles.